The van der Waals surface area contributed by atoms with Crippen LogP contribution in [0.4, 0.5) is 0 Å². The maximum atomic E-state index is 11.9. The first-order valence-corrected chi connectivity index (χ1v) is 5.89. The highest BCUT2D eigenvalue weighted by Gasteiger charge is 2.28. The molecule has 2 atom stereocenters. The van der Waals surface area contributed by atoms with E-state index >= 15 is 0 Å². The summed E-state index contributed by atoms with van der Waals surface area (Å²) in [5.74, 6) is 0.760. The summed E-state index contributed by atoms with van der Waals surface area (Å²) in [4.78, 5) is 13.8. The largest absolute Gasteiger partial charge is 0.378 e. The number of rotatable bonds is 3. The van der Waals surface area contributed by atoms with E-state index in [1.54, 1.807) is 0 Å². The molecule has 0 spiro atoms. The number of nitrogens with zero attached hydrogens (tertiary/aromatic N) is 1. The summed E-state index contributed by atoms with van der Waals surface area (Å²) >= 11 is 0. The fourth-order valence-electron chi connectivity index (χ4n) is 2.38. The number of ether oxygens (including phenoxy) is 1. The number of hydrogen-bond donors (Lipinski definition) is 1. The zero-order valence-electron chi connectivity index (χ0n) is 9.15. The first-order chi connectivity index (χ1) is 7.29. The van der Waals surface area contributed by atoms with Crippen molar-refractivity contribution in [3.05, 3.63) is 0 Å². The Balaban J connectivity index is 1.76. The van der Waals surface area contributed by atoms with Crippen LogP contribution in [0.15, 0.2) is 0 Å². The van der Waals surface area contributed by atoms with E-state index in [9.17, 15) is 4.79 Å². The molecule has 0 aromatic heterocycles. The van der Waals surface area contributed by atoms with Crippen molar-refractivity contribution in [2.45, 2.75) is 31.8 Å². The van der Waals surface area contributed by atoms with Crippen LogP contribution in [0, 0.1) is 5.92 Å². The van der Waals surface area contributed by atoms with E-state index in [1.807, 2.05) is 4.90 Å². The van der Waals surface area contributed by atoms with E-state index in [1.165, 1.54) is 0 Å². The van der Waals surface area contributed by atoms with Gasteiger partial charge in [0.1, 0.15) is 0 Å². The van der Waals surface area contributed by atoms with Crippen LogP contribution in [-0.2, 0) is 9.53 Å². The van der Waals surface area contributed by atoms with E-state index in [0.29, 0.717) is 18.9 Å². The van der Waals surface area contributed by atoms with Crippen molar-refractivity contribution in [3.63, 3.8) is 0 Å². The van der Waals surface area contributed by atoms with Crippen molar-refractivity contribution in [2.75, 3.05) is 26.2 Å². The fraction of sp³-hybridized carbons (Fsp3) is 0.909. The predicted molar refractivity (Wildman–Crippen MR) is 57.3 cm³/mol. The molecule has 2 rings (SSSR count). The quantitative estimate of drug-likeness (QED) is 0.735. The standard InChI is InChI=1S/C11H20N2O2/c12-7-9-3-4-13(8-9)11(14)6-10-2-1-5-15-10/h9-10H,1-8,12H2. The molecule has 2 aliphatic rings. The number of carbonyl (C=O) groups excluding carboxylic acids is 1. The van der Waals surface area contributed by atoms with Gasteiger partial charge in [0.25, 0.3) is 0 Å². The minimum absolute atomic E-state index is 0.175. The third kappa shape index (κ3) is 2.69. The Labute approximate surface area is 90.8 Å². The average molecular weight is 212 g/mol. The van der Waals surface area contributed by atoms with E-state index in [2.05, 4.69) is 0 Å². The van der Waals surface area contributed by atoms with Gasteiger partial charge in [0.2, 0.25) is 5.91 Å². The zero-order valence-corrected chi connectivity index (χ0v) is 9.15. The molecule has 2 heterocycles. The van der Waals surface area contributed by atoms with Gasteiger partial charge in [0.15, 0.2) is 0 Å². The van der Waals surface area contributed by atoms with Crippen LogP contribution in [0.3, 0.4) is 0 Å². The number of amides is 1. The van der Waals surface area contributed by atoms with E-state index < -0.39 is 0 Å². The van der Waals surface area contributed by atoms with Crippen molar-refractivity contribution in [1.29, 1.82) is 0 Å². The monoisotopic (exact) mass is 212 g/mol. The molecule has 1 amide bonds. The Kier molecular flexibility index (Phi) is 3.59. The van der Waals surface area contributed by atoms with Gasteiger partial charge < -0.3 is 15.4 Å². The highest BCUT2D eigenvalue weighted by Crippen LogP contribution is 2.20. The summed E-state index contributed by atoms with van der Waals surface area (Å²) in [5, 5.41) is 0. The lowest BCUT2D eigenvalue weighted by atomic mass is 10.1. The SMILES string of the molecule is NCC1CCN(C(=O)CC2CCCO2)C1. The molecule has 0 radical (unpaired) electrons. The lowest BCUT2D eigenvalue weighted by Crippen LogP contribution is -2.32. The van der Waals surface area contributed by atoms with Gasteiger partial charge in [-0.1, -0.05) is 0 Å². The normalized spacial score (nSPS) is 31.1. The summed E-state index contributed by atoms with van der Waals surface area (Å²) in [6.45, 7) is 3.25. The second-order valence-corrected chi connectivity index (χ2v) is 4.57. The van der Waals surface area contributed by atoms with Gasteiger partial charge in [-0.15, -0.1) is 0 Å². The zero-order chi connectivity index (χ0) is 10.7. The second-order valence-electron chi connectivity index (χ2n) is 4.57. The molecule has 0 bridgehead atoms. The van der Waals surface area contributed by atoms with Gasteiger partial charge in [-0.3, -0.25) is 4.79 Å². The van der Waals surface area contributed by atoms with Gasteiger partial charge >= 0.3 is 0 Å². The van der Waals surface area contributed by atoms with E-state index in [4.69, 9.17) is 10.5 Å². The molecule has 0 saturated carbocycles. The molecule has 0 aromatic rings. The molecule has 86 valence electrons. The second kappa shape index (κ2) is 4.94. The molecule has 2 unspecified atom stereocenters. The third-order valence-corrected chi connectivity index (χ3v) is 3.40. The molecule has 0 aromatic carbocycles. The Morgan fingerprint density at radius 2 is 2.33 bits per heavy atom. The Morgan fingerprint density at radius 1 is 1.47 bits per heavy atom. The van der Waals surface area contributed by atoms with Crippen molar-refractivity contribution in [1.82, 2.24) is 4.90 Å². The summed E-state index contributed by atoms with van der Waals surface area (Å²) in [7, 11) is 0. The number of nitrogens with two attached hydrogens (primary N) is 1. The molecule has 0 aliphatic carbocycles. The maximum Gasteiger partial charge on any atom is 0.225 e. The van der Waals surface area contributed by atoms with Gasteiger partial charge in [-0.25, -0.2) is 0 Å². The molecule has 2 fully saturated rings. The van der Waals surface area contributed by atoms with Crippen LogP contribution in [0.25, 0.3) is 0 Å². The molecule has 2 N–H and O–H groups in total. The molecule has 15 heavy (non-hydrogen) atoms. The summed E-state index contributed by atoms with van der Waals surface area (Å²) < 4.78 is 5.46. The van der Waals surface area contributed by atoms with Crippen LogP contribution in [0.1, 0.15) is 25.7 Å². The lowest BCUT2D eigenvalue weighted by Gasteiger charge is -2.18. The summed E-state index contributed by atoms with van der Waals surface area (Å²) in [6, 6.07) is 0. The number of hydrogen-bond acceptors (Lipinski definition) is 3. The van der Waals surface area contributed by atoms with Crippen molar-refractivity contribution < 1.29 is 9.53 Å². The summed E-state index contributed by atoms with van der Waals surface area (Å²) in [5.41, 5.74) is 5.60. The van der Waals surface area contributed by atoms with E-state index in [-0.39, 0.29) is 12.0 Å². The smallest absolute Gasteiger partial charge is 0.225 e. The van der Waals surface area contributed by atoms with E-state index in [0.717, 1.165) is 39.0 Å². The Bertz CT molecular complexity index is 227. The molecule has 4 heteroatoms. The van der Waals surface area contributed by atoms with Gasteiger partial charge in [0.05, 0.1) is 12.5 Å². The minimum atomic E-state index is 0.175. The lowest BCUT2D eigenvalue weighted by molar-refractivity contribution is -0.132. The highest BCUT2D eigenvalue weighted by atomic mass is 16.5. The van der Waals surface area contributed by atoms with Gasteiger partial charge in [-0.2, -0.15) is 0 Å². The van der Waals surface area contributed by atoms with Crippen LogP contribution < -0.4 is 5.73 Å². The van der Waals surface area contributed by atoms with Crippen molar-refractivity contribution in [3.8, 4) is 0 Å². The third-order valence-electron chi connectivity index (χ3n) is 3.40. The Hall–Kier alpha value is -0.610. The first-order valence-electron chi connectivity index (χ1n) is 5.89. The summed E-state index contributed by atoms with van der Waals surface area (Å²) in [6.07, 6.45) is 3.95. The first kappa shape index (κ1) is 10.9. The molecule has 4 nitrogen and oxygen atoms in total. The molecule has 2 aliphatic heterocycles. The highest BCUT2D eigenvalue weighted by molar-refractivity contribution is 5.77. The molecular weight excluding hydrogens is 192 g/mol. The van der Waals surface area contributed by atoms with Crippen LogP contribution in [0.2, 0.25) is 0 Å². The average Bonchev–Trinajstić information content (AvgIpc) is 2.86. The minimum Gasteiger partial charge on any atom is -0.378 e. The fourth-order valence-corrected chi connectivity index (χ4v) is 2.38. The van der Waals surface area contributed by atoms with Gasteiger partial charge in [0, 0.05) is 19.7 Å². The molecule has 2 saturated heterocycles. The van der Waals surface area contributed by atoms with Crippen LogP contribution in [0.5, 0.6) is 0 Å². The van der Waals surface area contributed by atoms with Crippen molar-refractivity contribution in [2.24, 2.45) is 11.7 Å². The van der Waals surface area contributed by atoms with Crippen molar-refractivity contribution >= 4 is 5.91 Å². The molecular formula is C11H20N2O2. The number of likely N-dealkylation sites (tertiary alicyclic amines) is 1. The topological polar surface area (TPSA) is 55.6 Å². The number of carbonyl (C=O) groups is 1. The van der Waals surface area contributed by atoms with Crippen LogP contribution in [-0.4, -0.2) is 43.2 Å². The van der Waals surface area contributed by atoms with Crippen LogP contribution >= 0.6 is 0 Å². The maximum absolute atomic E-state index is 11.9. The van der Waals surface area contributed by atoms with Gasteiger partial charge in [-0.05, 0) is 31.7 Å². The Morgan fingerprint density at radius 3 is 2.93 bits per heavy atom. The predicted octanol–water partition coefficient (Wildman–Crippen LogP) is 0.363.